The number of imide groups is 1. The minimum Gasteiger partial charge on any atom is -0.481 e. The molecule has 1 fully saturated rings. The Bertz CT molecular complexity index is 3320. The van der Waals surface area contributed by atoms with Crippen LogP contribution >= 0.6 is 0 Å². The second-order valence-corrected chi connectivity index (χ2v) is 20.9. The van der Waals surface area contributed by atoms with Gasteiger partial charge in [-0.2, -0.15) is 0 Å². The maximum absolute atomic E-state index is 15.5. The van der Waals surface area contributed by atoms with Crippen LogP contribution in [0.5, 0.6) is 0 Å². The third-order valence-corrected chi connectivity index (χ3v) is 15.5. The number of carbonyl (C=O) groups excluding carboxylic acids is 10. The molecular weight excluding hydrogens is 1040 g/mol. The van der Waals surface area contributed by atoms with Crippen molar-refractivity contribution in [1.82, 2.24) is 35.7 Å². The van der Waals surface area contributed by atoms with Crippen molar-refractivity contribution in [3.05, 3.63) is 97.6 Å². The van der Waals surface area contributed by atoms with E-state index in [-0.39, 0.29) is 130 Å². The van der Waals surface area contributed by atoms with E-state index >= 15 is 4.39 Å². The lowest BCUT2D eigenvalue weighted by Gasteiger charge is -2.31. The Morgan fingerprint density at radius 3 is 2.27 bits per heavy atom. The van der Waals surface area contributed by atoms with Gasteiger partial charge < -0.3 is 40.8 Å². The van der Waals surface area contributed by atoms with Gasteiger partial charge in [0.15, 0.2) is 17.2 Å². The van der Waals surface area contributed by atoms with E-state index in [2.05, 4.69) is 21.3 Å². The van der Waals surface area contributed by atoms with Crippen molar-refractivity contribution in [2.45, 2.75) is 135 Å². The number of carbonyl (C=O) groups is 11. The number of carboxylic acids is 1. The normalized spacial score (nSPS) is 18.6. The second kappa shape index (κ2) is 24.4. The summed E-state index contributed by atoms with van der Waals surface area (Å²) in [5, 5.41) is 32.1. The monoisotopic (exact) mass is 1100 g/mol. The number of cyclic esters (lactones) is 1. The van der Waals surface area contributed by atoms with Crippen molar-refractivity contribution < 1.29 is 72.1 Å². The summed E-state index contributed by atoms with van der Waals surface area (Å²) in [5.74, 6) is -9.05. The molecule has 22 nitrogen and oxygen atoms in total. The van der Waals surface area contributed by atoms with Crippen molar-refractivity contribution in [2.75, 3.05) is 19.6 Å². The van der Waals surface area contributed by atoms with Crippen molar-refractivity contribution in [1.29, 1.82) is 0 Å². The number of aromatic nitrogens is 2. The van der Waals surface area contributed by atoms with Crippen LogP contribution in [0.1, 0.15) is 129 Å². The van der Waals surface area contributed by atoms with Gasteiger partial charge in [-0.05, 0) is 67.3 Å². The minimum atomic E-state index is -2.11. The summed E-state index contributed by atoms with van der Waals surface area (Å²) in [6, 6.07) is 9.29. The van der Waals surface area contributed by atoms with E-state index in [4.69, 9.17) is 9.72 Å². The number of nitrogens with zero attached hydrogens (tertiary/aromatic N) is 3. The molecule has 1 saturated heterocycles. The summed E-state index contributed by atoms with van der Waals surface area (Å²) < 4.78 is 22.2. The van der Waals surface area contributed by atoms with Crippen molar-refractivity contribution in [3.8, 4) is 11.4 Å². The lowest BCUT2D eigenvalue weighted by Crippen LogP contribution is -2.48. The highest BCUT2D eigenvalue weighted by molar-refractivity contribution is 6.04. The number of benzene rings is 2. The third-order valence-electron chi connectivity index (χ3n) is 15.5. The van der Waals surface area contributed by atoms with Gasteiger partial charge >= 0.3 is 11.9 Å². The molecule has 8 rings (SSSR count). The molecule has 0 bridgehead atoms. The molecule has 1 aliphatic carbocycles. The number of likely N-dealkylation sites (tertiary alicyclic amines) is 1. The van der Waals surface area contributed by atoms with Crippen LogP contribution in [0.4, 0.5) is 4.39 Å². The molecular formula is C57H62FN7O15. The number of aliphatic hydroxyl groups is 1. The van der Waals surface area contributed by atoms with Gasteiger partial charge in [0.2, 0.25) is 35.4 Å². The number of fused-ring (bicyclic) bond motifs is 5. The van der Waals surface area contributed by atoms with Crippen LogP contribution in [0.3, 0.4) is 0 Å². The zero-order valence-electron chi connectivity index (χ0n) is 44.5. The Morgan fingerprint density at radius 1 is 0.863 bits per heavy atom. The van der Waals surface area contributed by atoms with E-state index in [9.17, 15) is 67.7 Å². The number of halogens is 1. The van der Waals surface area contributed by atoms with Gasteiger partial charge in [0.1, 0.15) is 24.2 Å². The Morgan fingerprint density at radius 2 is 1.57 bits per heavy atom. The number of Topliss-reactive ketones (excluding diaryl/α,β-unsaturated/α-hetero) is 3. The second-order valence-electron chi connectivity index (χ2n) is 20.9. The van der Waals surface area contributed by atoms with Crippen LogP contribution in [0.25, 0.3) is 22.3 Å². The molecule has 0 radical (unpaired) electrons. The van der Waals surface area contributed by atoms with Crippen LogP contribution in [-0.4, -0.2) is 115 Å². The SMILES string of the molecule is CC[C@@]1(O)C(=O)OCc2c1cc1n(c2=O)Cc2c-1nc1cc(F)c(C)c3c1c2[C@@H](NC(=O)[C@H](CCC(=O)O)NC(=O)CCC(=O)CNC(=O)[C@@H](CC(=O)CNC(=O)CCC(=O)CCN1C(=O)CC(C)C1=O)Cc1ccccc1)CC3. The Kier molecular flexibility index (Phi) is 17.6. The number of hydrogen-bond acceptors (Lipinski definition) is 15. The molecule has 6 N–H and O–H groups in total. The topological polar surface area (TPSA) is 324 Å². The number of nitrogens with one attached hydrogen (secondary N) is 4. The number of hydrogen-bond donors (Lipinski definition) is 6. The molecule has 5 atom stereocenters. The molecule has 2 aromatic heterocycles. The summed E-state index contributed by atoms with van der Waals surface area (Å²) in [5.41, 5.74) is 1.02. The highest BCUT2D eigenvalue weighted by Crippen LogP contribution is 2.46. The van der Waals surface area contributed by atoms with Crippen LogP contribution in [-0.2, 0) is 89.1 Å². The molecule has 4 aliphatic rings. The van der Waals surface area contributed by atoms with Gasteiger partial charge in [-0.15, -0.1) is 0 Å². The molecule has 0 saturated carbocycles. The average molecular weight is 1100 g/mol. The number of esters is 1. The van der Waals surface area contributed by atoms with Gasteiger partial charge in [0.05, 0.1) is 48.1 Å². The number of aryl methyl sites for hydroxylation is 1. The van der Waals surface area contributed by atoms with Gasteiger partial charge in [-0.3, -0.25) is 57.6 Å². The predicted octanol–water partition coefficient (Wildman–Crippen LogP) is 2.51. The van der Waals surface area contributed by atoms with Gasteiger partial charge in [0, 0.05) is 92.3 Å². The van der Waals surface area contributed by atoms with Crippen molar-refractivity contribution in [3.63, 3.8) is 0 Å². The molecule has 3 aliphatic heterocycles. The van der Waals surface area contributed by atoms with Gasteiger partial charge in [0.25, 0.3) is 5.56 Å². The van der Waals surface area contributed by atoms with E-state index in [1.165, 1.54) is 16.7 Å². The molecule has 422 valence electrons. The number of pyridine rings is 2. The standard InChI is InChI=1S/C57H62FN7O15/c1-4-57(79)39-23-44-51-37(27-65(44)55(77)38(39)28-80-56(57)78)50-41(13-12-36-30(3)40(58)24-43(62-51)49(36)50)63-53(75)42(14-17-48(72)73)61-46(70)16-11-34(67)25-60-52(74)32(21-31-8-6-5-7-9-31)22-35(68)26-59-45(69)15-10-33(66)18-19-64-47(71)20-29(2)54(64)76/h5-9,23-24,29,32,41-42,79H,4,10-22,25-28H2,1-3H3,(H,59,69)(H,60,74)(H,61,70)(H,63,75)(H,72,73)/t29?,32-,41+,42+,57+/m1/s1. The zero-order valence-corrected chi connectivity index (χ0v) is 44.5. The predicted molar refractivity (Wildman–Crippen MR) is 280 cm³/mol. The highest BCUT2D eigenvalue weighted by Gasteiger charge is 2.46. The molecule has 2 aromatic carbocycles. The number of ether oxygens (including phenoxy) is 1. The van der Waals surface area contributed by atoms with E-state index in [0.717, 1.165) is 4.90 Å². The number of aliphatic carboxylic acids is 1. The lowest BCUT2D eigenvalue weighted by atomic mass is 9.81. The first kappa shape index (κ1) is 57.8. The van der Waals surface area contributed by atoms with E-state index in [0.29, 0.717) is 33.2 Å². The fraction of sp³-hybridized carbons (Fsp3) is 0.456. The first-order valence-electron chi connectivity index (χ1n) is 26.7. The average Bonchev–Trinajstić information content (AvgIpc) is 3.93. The Labute approximate surface area is 457 Å². The molecule has 4 aromatic rings. The number of rotatable bonds is 25. The first-order valence-corrected chi connectivity index (χ1v) is 26.7. The van der Waals surface area contributed by atoms with E-state index in [1.807, 2.05) is 0 Å². The van der Waals surface area contributed by atoms with Crippen LogP contribution in [0, 0.1) is 24.6 Å². The van der Waals surface area contributed by atoms with E-state index in [1.54, 1.807) is 51.1 Å². The Hall–Kier alpha value is -8.34. The van der Waals surface area contributed by atoms with Gasteiger partial charge in [-0.1, -0.05) is 44.2 Å². The fourth-order valence-electron chi connectivity index (χ4n) is 10.9. The first-order chi connectivity index (χ1) is 38.1. The maximum atomic E-state index is 15.5. The summed E-state index contributed by atoms with van der Waals surface area (Å²) in [6.07, 6.45) is -2.00. The summed E-state index contributed by atoms with van der Waals surface area (Å²) >= 11 is 0. The third kappa shape index (κ3) is 12.4. The Balaban J connectivity index is 0.880. The fourth-order valence-corrected chi connectivity index (χ4v) is 10.9. The lowest BCUT2D eigenvalue weighted by molar-refractivity contribution is -0.172. The summed E-state index contributed by atoms with van der Waals surface area (Å²) in [4.78, 5) is 161. The van der Waals surface area contributed by atoms with E-state index < -0.39 is 120 Å². The van der Waals surface area contributed by atoms with Crippen molar-refractivity contribution in [2.24, 2.45) is 11.8 Å². The number of carboxylic acid groups (broad SMARTS) is 1. The van der Waals surface area contributed by atoms with Crippen molar-refractivity contribution >= 4 is 75.6 Å². The number of amides is 6. The molecule has 1 unspecified atom stereocenters. The quantitative estimate of drug-likeness (QED) is 0.0361. The van der Waals surface area contributed by atoms with Gasteiger partial charge in [-0.25, -0.2) is 14.2 Å². The minimum absolute atomic E-state index is 0.0426. The molecule has 6 amide bonds. The van der Waals surface area contributed by atoms with Crippen LogP contribution in [0.2, 0.25) is 0 Å². The molecule has 80 heavy (non-hydrogen) atoms. The molecule has 23 heteroatoms. The maximum Gasteiger partial charge on any atom is 0.343 e. The largest absolute Gasteiger partial charge is 0.481 e. The summed E-state index contributed by atoms with van der Waals surface area (Å²) in [6.45, 7) is 3.36. The summed E-state index contributed by atoms with van der Waals surface area (Å²) in [7, 11) is 0. The molecule has 0 spiro atoms. The van der Waals surface area contributed by atoms with Crippen LogP contribution < -0.4 is 26.8 Å². The molecule has 5 heterocycles. The zero-order chi connectivity index (χ0) is 57.7. The van der Waals surface area contributed by atoms with Crippen LogP contribution in [0.15, 0.2) is 47.3 Å². The highest BCUT2D eigenvalue weighted by atomic mass is 19.1. The number of ketones is 3. The smallest absolute Gasteiger partial charge is 0.343 e.